The highest BCUT2D eigenvalue weighted by Crippen LogP contribution is 2.67. The fraction of sp³-hybridized carbons (Fsp3) is 0.909. The summed E-state index contributed by atoms with van der Waals surface area (Å²) in [4.78, 5) is 10.8. The largest absolute Gasteiger partial charge is 0.481 e. The third-order valence-electron chi connectivity index (χ3n) is 4.98. The van der Waals surface area contributed by atoms with Gasteiger partial charge in [0.1, 0.15) is 0 Å². The van der Waals surface area contributed by atoms with E-state index >= 15 is 0 Å². The fourth-order valence-corrected chi connectivity index (χ4v) is 3.66. The third-order valence-corrected chi connectivity index (χ3v) is 4.98. The van der Waals surface area contributed by atoms with Gasteiger partial charge in [0.05, 0.1) is 12.5 Å². The summed E-state index contributed by atoms with van der Waals surface area (Å²) in [5.74, 6) is -0.335. The summed E-state index contributed by atoms with van der Waals surface area (Å²) in [6, 6.07) is 0. The van der Waals surface area contributed by atoms with Crippen molar-refractivity contribution in [1.82, 2.24) is 0 Å². The van der Waals surface area contributed by atoms with Crippen molar-refractivity contribution in [2.24, 2.45) is 16.7 Å². The van der Waals surface area contributed by atoms with Crippen LogP contribution in [0.5, 0.6) is 0 Å². The van der Waals surface area contributed by atoms with Gasteiger partial charge in [0, 0.05) is 0 Å². The molecule has 0 unspecified atom stereocenters. The average molecular weight is 198 g/mol. The Bertz CT molecular complexity index is 276. The molecule has 3 nitrogen and oxygen atoms in total. The summed E-state index contributed by atoms with van der Waals surface area (Å²) in [7, 11) is 0. The Morgan fingerprint density at radius 3 is 2.50 bits per heavy atom. The van der Waals surface area contributed by atoms with Crippen LogP contribution in [0.2, 0.25) is 0 Å². The van der Waals surface area contributed by atoms with Gasteiger partial charge >= 0.3 is 5.97 Å². The second-order valence-corrected chi connectivity index (χ2v) is 5.39. The highest BCUT2D eigenvalue weighted by Gasteiger charge is 2.63. The summed E-state index contributed by atoms with van der Waals surface area (Å²) in [5.41, 5.74) is -0.367. The molecule has 2 saturated carbocycles. The minimum Gasteiger partial charge on any atom is -0.481 e. The maximum absolute atomic E-state index is 10.8. The predicted octanol–water partition coefficient (Wildman–Crippen LogP) is 1.65. The molecule has 0 aromatic carbocycles. The highest BCUT2D eigenvalue weighted by molar-refractivity contribution is 5.68. The van der Waals surface area contributed by atoms with E-state index < -0.39 is 5.97 Å². The van der Waals surface area contributed by atoms with Crippen molar-refractivity contribution in [2.45, 2.75) is 45.6 Å². The van der Waals surface area contributed by atoms with Gasteiger partial charge in [-0.15, -0.1) is 0 Å². The van der Waals surface area contributed by atoms with Crippen molar-refractivity contribution in [2.75, 3.05) is 0 Å². The molecule has 0 radical (unpaired) electrons. The number of hydrogen-bond acceptors (Lipinski definition) is 2. The van der Waals surface area contributed by atoms with Crippen molar-refractivity contribution in [3.63, 3.8) is 0 Å². The van der Waals surface area contributed by atoms with E-state index in [-0.39, 0.29) is 23.4 Å². The van der Waals surface area contributed by atoms with Gasteiger partial charge < -0.3 is 10.2 Å². The molecule has 0 amide bonds. The number of aliphatic carboxylic acids is 1. The molecule has 0 aromatic rings. The second-order valence-electron chi connectivity index (χ2n) is 5.39. The number of carbonyl (C=O) groups is 1. The van der Waals surface area contributed by atoms with Crippen LogP contribution in [0.3, 0.4) is 0 Å². The molecule has 0 spiro atoms. The van der Waals surface area contributed by atoms with E-state index in [9.17, 15) is 9.90 Å². The number of hydrogen-bond donors (Lipinski definition) is 2. The first-order chi connectivity index (χ1) is 6.40. The van der Waals surface area contributed by atoms with Gasteiger partial charge in [0.2, 0.25) is 0 Å². The number of rotatable bonds is 2. The molecule has 80 valence electrons. The van der Waals surface area contributed by atoms with Gasteiger partial charge in [0.15, 0.2) is 0 Å². The van der Waals surface area contributed by atoms with Crippen molar-refractivity contribution in [1.29, 1.82) is 0 Å². The lowest BCUT2D eigenvalue weighted by Crippen LogP contribution is -2.38. The minimum atomic E-state index is -0.736. The molecule has 2 bridgehead atoms. The van der Waals surface area contributed by atoms with Gasteiger partial charge in [-0.1, -0.05) is 13.8 Å². The molecule has 0 aromatic heterocycles. The van der Waals surface area contributed by atoms with E-state index in [4.69, 9.17) is 5.11 Å². The zero-order valence-corrected chi connectivity index (χ0v) is 8.79. The number of fused-ring (bicyclic) bond motifs is 2. The quantitative estimate of drug-likeness (QED) is 0.709. The first kappa shape index (κ1) is 9.97. The van der Waals surface area contributed by atoms with Crippen molar-refractivity contribution >= 4 is 5.97 Å². The van der Waals surface area contributed by atoms with Crippen LogP contribution in [0.25, 0.3) is 0 Å². The maximum Gasteiger partial charge on any atom is 0.303 e. The molecule has 2 rings (SSSR count). The van der Waals surface area contributed by atoms with Gasteiger partial charge in [-0.2, -0.15) is 0 Å². The van der Waals surface area contributed by atoms with Gasteiger partial charge in [0.25, 0.3) is 0 Å². The molecular weight excluding hydrogens is 180 g/mol. The third kappa shape index (κ3) is 0.991. The number of carboxylic acids is 1. The summed E-state index contributed by atoms with van der Waals surface area (Å²) in [5, 5.41) is 18.9. The van der Waals surface area contributed by atoms with Crippen LogP contribution < -0.4 is 0 Å². The molecule has 2 aliphatic carbocycles. The Kier molecular flexibility index (Phi) is 1.94. The first-order valence-electron chi connectivity index (χ1n) is 5.30. The summed E-state index contributed by atoms with van der Waals surface area (Å²) in [6.45, 7) is 4.09. The molecule has 2 N–H and O–H groups in total. The average Bonchev–Trinajstić information content (AvgIpc) is 2.37. The van der Waals surface area contributed by atoms with E-state index in [1.807, 2.05) is 13.8 Å². The lowest BCUT2D eigenvalue weighted by atomic mass is 9.66. The lowest BCUT2D eigenvalue weighted by molar-refractivity contribution is -0.142. The van der Waals surface area contributed by atoms with Crippen LogP contribution in [-0.2, 0) is 4.79 Å². The minimum absolute atomic E-state index is 0.171. The summed E-state index contributed by atoms with van der Waals surface area (Å²) >= 11 is 0. The van der Waals surface area contributed by atoms with Gasteiger partial charge in [-0.3, -0.25) is 4.79 Å². The van der Waals surface area contributed by atoms with Crippen LogP contribution in [0.1, 0.15) is 39.5 Å². The molecule has 4 atom stereocenters. The van der Waals surface area contributed by atoms with E-state index in [2.05, 4.69) is 0 Å². The molecule has 0 heterocycles. The first-order valence-corrected chi connectivity index (χ1v) is 5.30. The summed E-state index contributed by atoms with van der Waals surface area (Å²) < 4.78 is 0. The van der Waals surface area contributed by atoms with Crippen LogP contribution in [-0.4, -0.2) is 22.3 Å². The maximum atomic E-state index is 10.8. The van der Waals surface area contributed by atoms with Crippen LogP contribution in [0.15, 0.2) is 0 Å². The van der Waals surface area contributed by atoms with E-state index in [1.54, 1.807) is 0 Å². The van der Waals surface area contributed by atoms with E-state index in [1.165, 1.54) is 0 Å². The molecule has 0 aliphatic heterocycles. The predicted molar refractivity (Wildman–Crippen MR) is 51.8 cm³/mol. The highest BCUT2D eigenvalue weighted by atomic mass is 16.4. The lowest BCUT2D eigenvalue weighted by Gasteiger charge is -2.38. The van der Waals surface area contributed by atoms with Crippen LogP contribution in [0, 0.1) is 16.7 Å². The SMILES string of the molecule is C[C@@]1(CC(=O)O)[C@H]2CC[C@]1(C)[C@@H](O)C2. The molecular formula is C11H18O3. The molecule has 2 aliphatic rings. The number of aliphatic hydroxyl groups excluding tert-OH is 1. The Morgan fingerprint density at radius 1 is 1.50 bits per heavy atom. The normalized spacial score (nSPS) is 51.1. The smallest absolute Gasteiger partial charge is 0.303 e. The van der Waals surface area contributed by atoms with Crippen molar-refractivity contribution in [3.8, 4) is 0 Å². The van der Waals surface area contributed by atoms with Gasteiger partial charge in [-0.05, 0) is 36.0 Å². The number of carboxylic acid groups (broad SMARTS) is 1. The zero-order chi connectivity index (χ0) is 10.6. The molecule has 14 heavy (non-hydrogen) atoms. The number of aliphatic hydroxyl groups is 1. The van der Waals surface area contributed by atoms with Crippen LogP contribution >= 0.6 is 0 Å². The Labute approximate surface area is 84.1 Å². The Morgan fingerprint density at radius 2 is 2.14 bits per heavy atom. The van der Waals surface area contributed by atoms with Crippen molar-refractivity contribution < 1.29 is 15.0 Å². The zero-order valence-electron chi connectivity index (χ0n) is 8.79. The summed E-state index contributed by atoms with van der Waals surface area (Å²) in [6.07, 6.45) is 2.75. The van der Waals surface area contributed by atoms with Crippen molar-refractivity contribution in [3.05, 3.63) is 0 Å². The monoisotopic (exact) mass is 198 g/mol. The Hall–Kier alpha value is -0.570. The van der Waals surface area contributed by atoms with E-state index in [0.29, 0.717) is 5.92 Å². The second kappa shape index (κ2) is 2.72. The Balaban J connectivity index is 2.31. The van der Waals surface area contributed by atoms with E-state index in [0.717, 1.165) is 19.3 Å². The molecule has 0 saturated heterocycles. The molecule has 2 fully saturated rings. The standard InChI is InChI=1S/C11H18O3/c1-10-4-3-7(5-8(10)12)11(10,2)6-9(13)14/h7-8,12H,3-6H2,1-2H3,(H,13,14)/t7-,8-,10+,11+/m0/s1. The van der Waals surface area contributed by atoms with Gasteiger partial charge in [-0.25, -0.2) is 0 Å². The van der Waals surface area contributed by atoms with Crippen LogP contribution in [0.4, 0.5) is 0 Å². The topological polar surface area (TPSA) is 57.5 Å². The molecule has 3 heteroatoms. The fourth-order valence-electron chi connectivity index (χ4n) is 3.66.